The first-order chi connectivity index (χ1) is 7.25. The maximum absolute atomic E-state index is 5.54. The molecule has 5 heteroatoms. The molecule has 0 radical (unpaired) electrons. The first-order valence-electron chi connectivity index (χ1n) is 4.57. The monoisotopic (exact) mass is 285 g/mol. The number of thiazole rings is 1. The van der Waals surface area contributed by atoms with Gasteiger partial charge in [0.05, 0.1) is 11.5 Å². The summed E-state index contributed by atoms with van der Waals surface area (Å²) in [6.45, 7) is 2.72. The zero-order valence-electron chi connectivity index (χ0n) is 7.99. The van der Waals surface area contributed by atoms with Gasteiger partial charge in [0, 0.05) is 11.1 Å². The standard InChI is InChI=1S/C10H8BrNO2S/c1-5-2-12-10(15-5)6-3-13-7-4-14-9(11)8(6)7/h2,4,6H,3H2,1H3. The normalized spacial score (nSPS) is 18.9. The van der Waals surface area contributed by atoms with E-state index >= 15 is 0 Å². The first kappa shape index (κ1) is 9.42. The van der Waals surface area contributed by atoms with Gasteiger partial charge in [0.2, 0.25) is 0 Å². The van der Waals surface area contributed by atoms with Crippen molar-refractivity contribution in [2.45, 2.75) is 12.8 Å². The number of aromatic nitrogens is 1. The van der Waals surface area contributed by atoms with Crippen LogP contribution in [-0.2, 0) is 0 Å². The second-order valence-electron chi connectivity index (χ2n) is 3.46. The van der Waals surface area contributed by atoms with Gasteiger partial charge in [-0.25, -0.2) is 4.98 Å². The highest BCUT2D eigenvalue weighted by Gasteiger charge is 2.32. The van der Waals surface area contributed by atoms with Crippen molar-refractivity contribution in [3.8, 4) is 5.75 Å². The minimum Gasteiger partial charge on any atom is -0.489 e. The van der Waals surface area contributed by atoms with E-state index in [0.717, 1.165) is 21.0 Å². The van der Waals surface area contributed by atoms with E-state index in [-0.39, 0.29) is 5.92 Å². The van der Waals surface area contributed by atoms with Gasteiger partial charge in [-0.15, -0.1) is 11.3 Å². The molecule has 1 atom stereocenters. The van der Waals surface area contributed by atoms with Crippen LogP contribution in [0.2, 0.25) is 0 Å². The molecule has 0 saturated carbocycles. The summed E-state index contributed by atoms with van der Waals surface area (Å²) >= 11 is 5.10. The Kier molecular flexibility index (Phi) is 2.10. The zero-order chi connectivity index (χ0) is 10.4. The van der Waals surface area contributed by atoms with Gasteiger partial charge >= 0.3 is 0 Å². The van der Waals surface area contributed by atoms with Crippen LogP contribution >= 0.6 is 27.3 Å². The summed E-state index contributed by atoms with van der Waals surface area (Å²) < 4.78 is 11.6. The molecule has 3 heterocycles. The second-order valence-corrected chi connectivity index (χ2v) is 5.45. The van der Waals surface area contributed by atoms with Crippen molar-refractivity contribution in [3.05, 3.63) is 32.6 Å². The van der Waals surface area contributed by atoms with E-state index < -0.39 is 0 Å². The smallest absolute Gasteiger partial charge is 0.176 e. The molecule has 0 amide bonds. The Bertz CT molecular complexity index is 505. The number of rotatable bonds is 1. The highest BCUT2D eigenvalue weighted by Crippen LogP contribution is 2.44. The summed E-state index contributed by atoms with van der Waals surface area (Å²) in [4.78, 5) is 5.61. The fourth-order valence-corrected chi connectivity index (χ4v) is 3.17. The fraction of sp³-hybridized carbons (Fsp3) is 0.300. The second kappa shape index (κ2) is 3.35. The Morgan fingerprint density at radius 2 is 2.47 bits per heavy atom. The van der Waals surface area contributed by atoms with Crippen LogP contribution in [0.15, 0.2) is 21.5 Å². The van der Waals surface area contributed by atoms with Crippen molar-refractivity contribution >= 4 is 27.3 Å². The fourth-order valence-electron chi connectivity index (χ4n) is 1.73. The number of ether oxygens (including phenoxy) is 1. The molecule has 3 nitrogen and oxygen atoms in total. The SMILES string of the molecule is Cc1cnc(C2COc3coc(Br)c32)s1. The maximum Gasteiger partial charge on any atom is 0.176 e. The van der Waals surface area contributed by atoms with E-state index in [0.29, 0.717) is 6.61 Å². The molecule has 1 aliphatic heterocycles. The van der Waals surface area contributed by atoms with E-state index in [1.165, 1.54) is 4.88 Å². The molecule has 0 bridgehead atoms. The minimum atomic E-state index is 0.215. The highest BCUT2D eigenvalue weighted by atomic mass is 79.9. The van der Waals surface area contributed by atoms with Crippen LogP contribution in [0.25, 0.3) is 0 Å². The summed E-state index contributed by atoms with van der Waals surface area (Å²) in [5, 5.41) is 1.09. The molecule has 3 rings (SSSR count). The number of halogens is 1. The van der Waals surface area contributed by atoms with Crippen LogP contribution in [0.1, 0.15) is 21.4 Å². The summed E-state index contributed by atoms with van der Waals surface area (Å²) in [7, 11) is 0. The number of aryl methyl sites for hydroxylation is 1. The van der Waals surface area contributed by atoms with E-state index in [2.05, 4.69) is 27.8 Å². The third-order valence-corrected chi connectivity index (χ3v) is 4.08. The molecule has 0 spiro atoms. The minimum absolute atomic E-state index is 0.215. The predicted octanol–water partition coefficient (Wildman–Crippen LogP) is 3.33. The Hall–Kier alpha value is -0.810. The van der Waals surface area contributed by atoms with Crippen LogP contribution in [0.4, 0.5) is 0 Å². The molecular formula is C10H8BrNO2S. The van der Waals surface area contributed by atoms with Crippen LogP contribution in [0.5, 0.6) is 5.75 Å². The predicted molar refractivity (Wildman–Crippen MR) is 60.6 cm³/mol. The molecule has 15 heavy (non-hydrogen) atoms. The van der Waals surface area contributed by atoms with Gasteiger partial charge in [0.15, 0.2) is 10.4 Å². The molecule has 0 N–H and O–H groups in total. The molecule has 0 saturated heterocycles. The molecule has 0 aromatic carbocycles. The van der Waals surface area contributed by atoms with E-state index in [9.17, 15) is 0 Å². The van der Waals surface area contributed by atoms with Gasteiger partial charge < -0.3 is 9.15 Å². The van der Waals surface area contributed by atoms with Gasteiger partial charge in [-0.1, -0.05) is 0 Å². The Labute approximate surface area is 99.2 Å². The van der Waals surface area contributed by atoms with Gasteiger partial charge in [0.1, 0.15) is 17.9 Å². The molecular weight excluding hydrogens is 278 g/mol. The number of nitrogens with zero attached hydrogens (tertiary/aromatic N) is 1. The molecule has 1 aliphatic rings. The van der Waals surface area contributed by atoms with Crippen molar-refractivity contribution < 1.29 is 9.15 Å². The quantitative estimate of drug-likeness (QED) is 0.806. The Morgan fingerprint density at radius 3 is 3.20 bits per heavy atom. The number of hydrogen-bond donors (Lipinski definition) is 0. The van der Waals surface area contributed by atoms with Crippen LogP contribution in [-0.4, -0.2) is 11.6 Å². The molecule has 0 aliphatic carbocycles. The molecule has 0 fully saturated rings. The van der Waals surface area contributed by atoms with E-state index in [1.54, 1.807) is 17.6 Å². The number of hydrogen-bond acceptors (Lipinski definition) is 4. The van der Waals surface area contributed by atoms with Gasteiger partial charge in [-0.05, 0) is 22.9 Å². The molecule has 2 aromatic rings. The lowest BCUT2D eigenvalue weighted by Crippen LogP contribution is -2.02. The summed E-state index contributed by atoms with van der Waals surface area (Å²) in [5.74, 6) is 1.05. The van der Waals surface area contributed by atoms with Crippen molar-refractivity contribution in [1.82, 2.24) is 4.98 Å². The first-order valence-corrected chi connectivity index (χ1v) is 6.18. The lowest BCUT2D eigenvalue weighted by atomic mass is 10.1. The lowest BCUT2D eigenvalue weighted by molar-refractivity contribution is 0.331. The number of fused-ring (bicyclic) bond motifs is 1. The van der Waals surface area contributed by atoms with Crippen molar-refractivity contribution in [1.29, 1.82) is 0 Å². The lowest BCUT2D eigenvalue weighted by Gasteiger charge is -2.03. The summed E-state index contributed by atoms with van der Waals surface area (Å²) in [5.41, 5.74) is 1.09. The zero-order valence-corrected chi connectivity index (χ0v) is 10.4. The molecule has 2 aromatic heterocycles. The van der Waals surface area contributed by atoms with Gasteiger partial charge in [-0.2, -0.15) is 0 Å². The summed E-state index contributed by atoms with van der Waals surface area (Å²) in [6.07, 6.45) is 3.53. The van der Waals surface area contributed by atoms with Crippen LogP contribution in [0, 0.1) is 6.92 Å². The highest BCUT2D eigenvalue weighted by molar-refractivity contribution is 9.10. The third-order valence-electron chi connectivity index (χ3n) is 2.44. The largest absolute Gasteiger partial charge is 0.489 e. The van der Waals surface area contributed by atoms with E-state index in [1.807, 2.05) is 6.20 Å². The van der Waals surface area contributed by atoms with Crippen LogP contribution < -0.4 is 4.74 Å². The van der Waals surface area contributed by atoms with Crippen molar-refractivity contribution in [2.75, 3.05) is 6.61 Å². The van der Waals surface area contributed by atoms with Gasteiger partial charge in [-0.3, -0.25) is 0 Å². The Morgan fingerprint density at radius 1 is 1.60 bits per heavy atom. The maximum atomic E-state index is 5.54. The van der Waals surface area contributed by atoms with Crippen molar-refractivity contribution in [3.63, 3.8) is 0 Å². The summed E-state index contributed by atoms with van der Waals surface area (Å²) in [6, 6.07) is 0. The average molecular weight is 286 g/mol. The molecule has 1 unspecified atom stereocenters. The molecule has 78 valence electrons. The third kappa shape index (κ3) is 1.41. The topological polar surface area (TPSA) is 35.3 Å². The number of furan rings is 1. The average Bonchev–Trinajstić information content (AvgIpc) is 2.84. The van der Waals surface area contributed by atoms with Crippen molar-refractivity contribution in [2.24, 2.45) is 0 Å². The van der Waals surface area contributed by atoms with E-state index in [4.69, 9.17) is 9.15 Å². The van der Waals surface area contributed by atoms with Crippen LogP contribution in [0.3, 0.4) is 0 Å². The Balaban J connectivity index is 2.06. The van der Waals surface area contributed by atoms with Gasteiger partial charge in [0.25, 0.3) is 0 Å².